The fourth-order valence-electron chi connectivity index (χ4n) is 3.30. The van der Waals surface area contributed by atoms with Crippen LogP contribution in [0.25, 0.3) is 10.9 Å². The van der Waals surface area contributed by atoms with Crippen LogP contribution in [0.1, 0.15) is 40.7 Å². The highest BCUT2D eigenvalue weighted by Gasteiger charge is 2.39. The maximum Gasteiger partial charge on any atom is 0.257 e. The van der Waals surface area contributed by atoms with Gasteiger partial charge in [0.2, 0.25) is 0 Å². The Hall–Kier alpha value is -2.14. The molecule has 2 atom stereocenters. The molecule has 126 valence electrons. The van der Waals surface area contributed by atoms with Gasteiger partial charge in [-0.3, -0.25) is 4.79 Å². The second-order valence-electron chi connectivity index (χ2n) is 6.02. The second-order valence-corrected chi connectivity index (χ2v) is 6.79. The van der Waals surface area contributed by atoms with E-state index in [9.17, 15) is 9.90 Å². The van der Waals surface area contributed by atoms with Gasteiger partial charge in [0.05, 0.1) is 11.6 Å². The van der Waals surface area contributed by atoms with Gasteiger partial charge in [0.1, 0.15) is 5.15 Å². The predicted molar refractivity (Wildman–Crippen MR) is 97.7 cm³/mol. The number of carbonyl (C=O) groups is 1. The zero-order valence-electron chi connectivity index (χ0n) is 13.3. The minimum atomic E-state index is -1.02. The number of aliphatic hydroxyl groups is 1. The summed E-state index contributed by atoms with van der Waals surface area (Å²) in [5, 5.41) is 12.2. The van der Waals surface area contributed by atoms with Gasteiger partial charge < -0.3 is 10.0 Å². The molecule has 4 rings (SSSR count). The Bertz CT molecular complexity index is 1010. The molecule has 1 aliphatic rings. The van der Waals surface area contributed by atoms with Crippen molar-refractivity contribution in [2.75, 3.05) is 0 Å². The predicted octanol–water partition coefficient (Wildman–Crippen LogP) is 4.75. The molecule has 6 heteroatoms. The Morgan fingerprint density at radius 3 is 2.68 bits per heavy atom. The third-order valence-electron chi connectivity index (χ3n) is 4.62. The van der Waals surface area contributed by atoms with Gasteiger partial charge in [0.15, 0.2) is 6.23 Å². The van der Waals surface area contributed by atoms with Crippen LogP contribution in [0.2, 0.25) is 10.2 Å². The molecule has 2 aromatic carbocycles. The van der Waals surface area contributed by atoms with Crippen LogP contribution in [-0.4, -0.2) is 20.9 Å². The number of aliphatic hydroxyl groups excluding tert-OH is 1. The number of hydrogen-bond donors (Lipinski definition) is 1. The van der Waals surface area contributed by atoms with E-state index in [0.29, 0.717) is 32.4 Å². The maximum absolute atomic E-state index is 12.7. The molecule has 25 heavy (non-hydrogen) atoms. The molecule has 0 saturated carbocycles. The summed E-state index contributed by atoms with van der Waals surface area (Å²) in [5.41, 5.74) is 2.43. The molecule has 3 aromatic rings. The minimum absolute atomic E-state index is 0.231. The average molecular weight is 373 g/mol. The molecule has 1 N–H and O–H groups in total. The van der Waals surface area contributed by atoms with Crippen molar-refractivity contribution in [2.24, 2.45) is 0 Å². The van der Waals surface area contributed by atoms with Crippen molar-refractivity contribution in [1.82, 2.24) is 9.88 Å². The van der Waals surface area contributed by atoms with Crippen molar-refractivity contribution in [3.63, 3.8) is 0 Å². The van der Waals surface area contributed by atoms with E-state index in [1.165, 1.54) is 4.90 Å². The van der Waals surface area contributed by atoms with Crippen LogP contribution in [0.15, 0.2) is 48.5 Å². The van der Waals surface area contributed by atoms with Crippen LogP contribution >= 0.6 is 23.2 Å². The fraction of sp³-hybridized carbons (Fsp3) is 0.158. The van der Waals surface area contributed by atoms with Crippen molar-refractivity contribution < 1.29 is 9.90 Å². The number of rotatable bonds is 2. The molecule has 0 saturated heterocycles. The Labute approximate surface area is 154 Å². The van der Waals surface area contributed by atoms with Crippen molar-refractivity contribution in [1.29, 1.82) is 0 Å². The van der Waals surface area contributed by atoms with Gasteiger partial charge in [-0.05, 0) is 31.2 Å². The zero-order chi connectivity index (χ0) is 17.7. The zero-order valence-corrected chi connectivity index (χ0v) is 14.8. The summed E-state index contributed by atoms with van der Waals surface area (Å²) in [6.07, 6.45) is -1.02. The van der Waals surface area contributed by atoms with E-state index >= 15 is 0 Å². The normalized spacial score (nSPS) is 17.8. The van der Waals surface area contributed by atoms with Crippen molar-refractivity contribution in [3.05, 3.63) is 75.4 Å². The van der Waals surface area contributed by atoms with Gasteiger partial charge in [0.25, 0.3) is 5.91 Å². The number of pyridine rings is 1. The standard InChI is InChI=1S/C19H14Cl2N2O2/c1-10(23-18(24)11-5-2-3-6-12(11)19(23)25)13-9-14-15(20)7-4-8-16(14)22-17(13)21/h2-10,18,24H,1H3. The third kappa shape index (κ3) is 2.49. The number of carbonyl (C=O) groups excluding carboxylic acids is 1. The van der Waals surface area contributed by atoms with E-state index in [2.05, 4.69) is 4.98 Å². The molecule has 4 nitrogen and oxygen atoms in total. The van der Waals surface area contributed by atoms with E-state index < -0.39 is 12.3 Å². The molecule has 1 aromatic heterocycles. The van der Waals surface area contributed by atoms with Crippen molar-refractivity contribution >= 4 is 40.0 Å². The van der Waals surface area contributed by atoms with Crippen LogP contribution in [-0.2, 0) is 0 Å². The first-order chi connectivity index (χ1) is 12.0. The van der Waals surface area contributed by atoms with Gasteiger partial charge in [-0.2, -0.15) is 0 Å². The highest BCUT2D eigenvalue weighted by Crippen LogP contribution is 2.40. The lowest BCUT2D eigenvalue weighted by molar-refractivity contribution is -0.000323. The second kappa shape index (κ2) is 5.99. The molecule has 1 amide bonds. The summed E-state index contributed by atoms with van der Waals surface area (Å²) >= 11 is 12.6. The molecule has 0 fully saturated rings. The van der Waals surface area contributed by atoms with Crippen LogP contribution in [0, 0.1) is 0 Å². The van der Waals surface area contributed by atoms with Gasteiger partial charge in [0, 0.05) is 27.1 Å². The Morgan fingerprint density at radius 2 is 1.92 bits per heavy atom. The molecule has 0 bridgehead atoms. The number of amides is 1. The highest BCUT2D eigenvalue weighted by molar-refractivity contribution is 6.36. The number of halogens is 2. The first-order valence-electron chi connectivity index (χ1n) is 7.83. The Morgan fingerprint density at radius 1 is 1.16 bits per heavy atom. The number of fused-ring (bicyclic) bond motifs is 2. The van der Waals surface area contributed by atoms with Gasteiger partial charge >= 0.3 is 0 Å². The summed E-state index contributed by atoms with van der Waals surface area (Å²) in [4.78, 5) is 18.5. The molecular formula is C19H14Cl2N2O2. The smallest absolute Gasteiger partial charge is 0.257 e. The van der Waals surface area contributed by atoms with Crippen molar-refractivity contribution in [2.45, 2.75) is 19.2 Å². The number of hydrogen-bond acceptors (Lipinski definition) is 3. The first kappa shape index (κ1) is 16.3. The number of aromatic nitrogens is 1. The first-order valence-corrected chi connectivity index (χ1v) is 8.59. The van der Waals surface area contributed by atoms with Gasteiger partial charge in [-0.1, -0.05) is 47.5 Å². The third-order valence-corrected chi connectivity index (χ3v) is 5.25. The van der Waals surface area contributed by atoms with Crippen LogP contribution in [0.3, 0.4) is 0 Å². The lowest BCUT2D eigenvalue weighted by Crippen LogP contribution is -2.31. The van der Waals surface area contributed by atoms with Crippen LogP contribution in [0.4, 0.5) is 0 Å². The lowest BCUT2D eigenvalue weighted by atomic mass is 10.1. The largest absolute Gasteiger partial charge is 0.369 e. The molecular weight excluding hydrogens is 359 g/mol. The Balaban J connectivity index is 1.81. The minimum Gasteiger partial charge on any atom is -0.369 e. The molecule has 2 unspecified atom stereocenters. The quantitative estimate of drug-likeness (QED) is 0.660. The topological polar surface area (TPSA) is 53.4 Å². The van der Waals surface area contributed by atoms with E-state index in [4.69, 9.17) is 23.2 Å². The molecule has 0 aliphatic carbocycles. The highest BCUT2D eigenvalue weighted by atomic mass is 35.5. The molecule has 2 heterocycles. The maximum atomic E-state index is 12.7. The van der Waals surface area contributed by atoms with Gasteiger partial charge in [-0.25, -0.2) is 4.98 Å². The summed E-state index contributed by atoms with van der Waals surface area (Å²) in [6, 6.07) is 13.8. The monoisotopic (exact) mass is 372 g/mol. The van der Waals surface area contributed by atoms with Gasteiger partial charge in [-0.15, -0.1) is 0 Å². The summed E-state index contributed by atoms with van der Waals surface area (Å²) < 4.78 is 0. The lowest BCUT2D eigenvalue weighted by Gasteiger charge is -2.29. The van der Waals surface area contributed by atoms with Crippen LogP contribution in [0.5, 0.6) is 0 Å². The molecule has 0 spiro atoms. The van der Waals surface area contributed by atoms with Crippen molar-refractivity contribution in [3.8, 4) is 0 Å². The van der Waals surface area contributed by atoms with E-state index in [0.717, 1.165) is 5.39 Å². The molecule has 1 aliphatic heterocycles. The summed E-state index contributed by atoms with van der Waals surface area (Å²) in [5.74, 6) is -0.231. The SMILES string of the molecule is CC(c1cc2c(Cl)cccc2nc1Cl)N1C(=O)c2ccccc2C1O. The summed E-state index contributed by atoms with van der Waals surface area (Å²) in [6.45, 7) is 1.82. The fourth-order valence-corrected chi connectivity index (χ4v) is 3.83. The molecule has 0 radical (unpaired) electrons. The van der Waals surface area contributed by atoms with Crippen LogP contribution < -0.4 is 0 Å². The Kier molecular flexibility index (Phi) is 3.91. The average Bonchev–Trinajstić information content (AvgIpc) is 2.86. The van der Waals surface area contributed by atoms with E-state index in [1.54, 1.807) is 30.3 Å². The van der Waals surface area contributed by atoms with E-state index in [-0.39, 0.29) is 5.91 Å². The summed E-state index contributed by atoms with van der Waals surface area (Å²) in [7, 11) is 0. The number of nitrogens with zero attached hydrogens (tertiary/aromatic N) is 2. The van der Waals surface area contributed by atoms with E-state index in [1.807, 2.05) is 25.1 Å². The number of benzene rings is 2.